The lowest BCUT2D eigenvalue weighted by atomic mass is 10.1. The van der Waals surface area contributed by atoms with Gasteiger partial charge in [0.15, 0.2) is 5.82 Å². The van der Waals surface area contributed by atoms with Crippen molar-refractivity contribution in [3.63, 3.8) is 0 Å². The lowest BCUT2D eigenvalue weighted by molar-refractivity contribution is -0.432. The van der Waals surface area contributed by atoms with Gasteiger partial charge in [-0.15, -0.1) is 0 Å². The van der Waals surface area contributed by atoms with Crippen molar-refractivity contribution in [3.8, 4) is 0 Å². The van der Waals surface area contributed by atoms with Crippen LogP contribution in [0, 0.1) is 10.1 Å². The van der Waals surface area contributed by atoms with Gasteiger partial charge in [0.2, 0.25) is 0 Å². The molecule has 0 spiro atoms. The monoisotopic (exact) mass is 235 g/mol. The Balaban J connectivity index is 2.99. The second-order valence-corrected chi connectivity index (χ2v) is 4.07. The maximum absolute atomic E-state index is 10.8. The Hall–Kier alpha value is -1.01. The quantitative estimate of drug-likeness (QED) is 0.325. The summed E-state index contributed by atoms with van der Waals surface area (Å²) in [7, 11) is 1.64. The molecule has 0 aromatic rings. The molecule has 0 fully saturated rings. The molecular formula is C8H14ClN3O3. The van der Waals surface area contributed by atoms with Gasteiger partial charge >= 0.3 is 0 Å². The first-order chi connectivity index (χ1) is 6.93. The molecule has 2 unspecified atom stereocenters. The smallest absolute Gasteiger partial charge is 0.286 e. The summed E-state index contributed by atoms with van der Waals surface area (Å²) in [4.78, 5) is 11.8. The van der Waals surface area contributed by atoms with Crippen LogP contribution in [0.4, 0.5) is 0 Å². The van der Waals surface area contributed by atoms with Crippen molar-refractivity contribution in [2.45, 2.75) is 31.5 Å². The molecule has 0 radical (unpaired) electrons. The summed E-state index contributed by atoms with van der Waals surface area (Å²) in [6.45, 7) is 1.70. The summed E-state index contributed by atoms with van der Waals surface area (Å²) in [6, 6.07) is 0. The molecule has 0 aliphatic carbocycles. The normalized spacial score (nSPS) is 23.3. The molecule has 0 aromatic carbocycles. The van der Waals surface area contributed by atoms with Crippen molar-refractivity contribution in [2.24, 2.45) is 0 Å². The number of rotatable bonds is 3. The zero-order valence-electron chi connectivity index (χ0n) is 8.61. The summed E-state index contributed by atoms with van der Waals surface area (Å²) in [6.07, 6.45) is -0.170. The van der Waals surface area contributed by atoms with E-state index in [9.17, 15) is 15.2 Å². The Morgan fingerprint density at radius 3 is 2.87 bits per heavy atom. The zero-order chi connectivity index (χ0) is 11.6. The Bertz CT molecular complexity index is 293. The fourth-order valence-corrected chi connectivity index (χ4v) is 1.46. The predicted octanol–water partition coefficient (Wildman–Crippen LogP) is 0.651. The van der Waals surface area contributed by atoms with Gasteiger partial charge in [-0.05, 0) is 6.92 Å². The van der Waals surface area contributed by atoms with Crippen LogP contribution >= 0.6 is 11.6 Å². The molecule has 2 N–H and O–H groups in total. The Kier molecular flexibility index (Phi) is 3.76. The Morgan fingerprint density at radius 1 is 1.80 bits per heavy atom. The highest BCUT2D eigenvalue weighted by molar-refractivity contribution is 6.20. The molecule has 0 amide bonds. The highest BCUT2D eigenvalue weighted by atomic mass is 35.5. The molecule has 0 saturated carbocycles. The van der Waals surface area contributed by atoms with Gasteiger partial charge in [-0.25, -0.2) is 0 Å². The molecule has 1 aliphatic heterocycles. The van der Waals surface area contributed by atoms with E-state index < -0.39 is 11.2 Å². The number of nitrogens with one attached hydrogen (secondary N) is 1. The zero-order valence-corrected chi connectivity index (χ0v) is 9.36. The number of aliphatic hydroxyl groups excluding tert-OH is 1. The molecule has 15 heavy (non-hydrogen) atoms. The Morgan fingerprint density at radius 2 is 2.40 bits per heavy atom. The number of allylic oxidation sites excluding steroid dienone is 1. The standard InChI is InChI=1S/C8H14ClN3O3/c1-5(9)11(2)8-6(12(14)15)3-4-7(13)10-8/h5,7,10,13H,3-4H2,1-2H3. The molecule has 0 saturated heterocycles. The first kappa shape index (κ1) is 12.1. The number of hydrogen-bond acceptors (Lipinski definition) is 5. The maximum Gasteiger partial charge on any atom is 0.286 e. The fraction of sp³-hybridized carbons (Fsp3) is 0.750. The molecular weight excluding hydrogens is 222 g/mol. The van der Waals surface area contributed by atoms with Gasteiger partial charge in [0.05, 0.1) is 4.92 Å². The van der Waals surface area contributed by atoms with Gasteiger partial charge in [-0.1, -0.05) is 11.6 Å². The maximum atomic E-state index is 10.8. The first-order valence-corrected chi connectivity index (χ1v) is 5.06. The van der Waals surface area contributed by atoms with Crippen molar-refractivity contribution in [3.05, 3.63) is 21.6 Å². The topological polar surface area (TPSA) is 78.6 Å². The van der Waals surface area contributed by atoms with Gasteiger partial charge in [-0.2, -0.15) is 0 Å². The van der Waals surface area contributed by atoms with E-state index in [2.05, 4.69) is 5.32 Å². The second kappa shape index (κ2) is 4.67. The highest BCUT2D eigenvalue weighted by Crippen LogP contribution is 2.21. The number of hydrogen-bond donors (Lipinski definition) is 2. The van der Waals surface area contributed by atoms with Crippen LogP contribution in [0.1, 0.15) is 19.8 Å². The number of halogens is 1. The van der Waals surface area contributed by atoms with Gasteiger partial charge < -0.3 is 15.3 Å². The van der Waals surface area contributed by atoms with E-state index in [1.54, 1.807) is 14.0 Å². The van der Waals surface area contributed by atoms with Crippen LogP contribution in [0.2, 0.25) is 0 Å². The summed E-state index contributed by atoms with van der Waals surface area (Å²) in [5.41, 5.74) is -0.317. The third-order valence-corrected chi connectivity index (χ3v) is 2.63. The SMILES string of the molecule is CC(Cl)N(C)C1=C([N+](=O)[O-])CCC(O)N1. The summed E-state index contributed by atoms with van der Waals surface area (Å²) >= 11 is 5.83. The van der Waals surface area contributed by atoms with Gasteiger partial charge in [-0.3, -0.25) is 10.1 Å². The summed E-state index contributed by atoms with van der Waals surface area (Å²) in [5.74, 6) is 0.293. The van der Waals surface area contributed by atoms with E-state index >= 15 is 0 Å². The van der Waals surface area contributed by atoms with E-state index in [1.165, 1.54) is 4.90 Å². The molecule has 0 aromatic heterocycles. The molecule has 86 valence electrons. The predicted molar refractivity (Wildman–Crippen MR) is 55.5 cm³/mol. The molecule has 1 rings (SSSR count). The number of alkyl halides is 1. The van der Waals surface area contributed by atoms with Crippen LogP contribution in [-0.2, 0) is 0 Å². The summed E-state index contributed by atoms with van der Waals surface area (Å²) < 4.78 is 0. The van der Waals surface area contributed by atoms with Crippen LogP contribution in [0.15, 0.2) is 11.5 Å². The molecule has 6 nitrogen and oxygen atoms in total. The third kappa shape index (κ3) is 2.73. The minimum absolute atomic E-state index is 0.0651. The average molecular weight is 236 g/mol. The van der Waals surface area contributed by atoms with Gasteiger partial charge in [0, 0.05) is 19.9 Å². The molecule has 1 heterocycles. The van der Waals surface area contributed by atoms with Crippen LogP contribution in [0.25, 0.3) is 0 Å². The van der Waals surface area contributed by atoms with E-state index in [0.717, 1.165) is 0 Å². The minimum Gasteiger partial charge on any atom is -0.374 e. The molecule has 2 atom stereocenters. The molecule has 0 bridgehead atoms. The van der Waals surface area contributed by atoms with E-state index in [0.29, 0.717) is 12.2 Å². The second-order valence-electron chi connectivity index (χ2n) is 3.44. The number of nitro groups is 1. The van der Waals surface area contributed by atoms with Gasteiger partial charge in [0.25, 0.3) is 5.70 Å². The average Bonchev–Trinajstić information content (AvgIpc) is 2.15. The highest BCUT2D eigenvalue weighted by Gasteiger charge is 2.30. The van der Waals surface area contributed by atoms with Crippen molar-refractivity contribution in [1.82, 2.24) is 10.2 Å². The van der Waals surface area contributed by atoms with Crippen molar-refractivity contribution >= 4 is 11.6 Å². The van der Waals surface area contributed by atoms with E-state index in [1.807, 2.05) is 0 Å². The van der Waals surface area contributed by atoms with E-state index in [-0.39, 0.29) is 17.6 Å². The Labute approximate surface area is 92.7 Å². The first-order valence-electron chi connectivity index (χ1n) is 4.62. The number of nitrogens with zero attached hydrogens (tertiary/aromatic N) is 2. The van der Waals surface area contributed by atoms with E-state index in [4.69, 9.17) is 11.6 Å². The van der Waals surface area contributed by atoms with Crippen LogP contribution < -0.4 is 5.32 Å². The minimum atomic E-state index is -0.749. The lowest BCUT2D eigenvalue weighted by Crippen LogP contribution is -2.43. The van der Waals surface area contributed by atoms with Crippen molar-refractivity contribution in [2.75, 3.05) is 7.05 Å². The fourth-order valence-electron chi connectivity index (χ4n) is 1.37. The van der Waals surface area contributed by atoms with Crippen molar-refractivity contribution in [1.29, 1.82) is 0 Å². The third-order valence-electron chi connectivity index (χ3n) is 2.34. The van der Waals surface area contributed by atoms with Crippen LogP contribution in [0.5, 0.6) is 0 Å². The summed E-state index contributed by atoms with van der Waals surface area (Å²) in [5, 5.41) is 22.8. The van der Waals surface area contributed by atoms with Crippen molar-refractivity contribution < 1.29 is 10.0 Å². The molecule has 1 aliphatic rings. The van der Waals surface area contributed by atoms with Gasteiger partial charge in [0.1, 0.15) is 11.7 Å². The van der Waals surface area contributed by atoms with Crippen LogP contribution in [0.3, 0.4) is 0 Å². The lowest BCUT2D eigenvalue weighted by Gasteiger charge is -2.30. The largest absolute Gasteiger partial charge is 0.374 e. The molecule has 7 heteroatoms. The van der Waals surface area contributed by atoms with Crippen LogP contribution in [-0.4, -0.2) is 33.7 Å². The number of aliphatic hydroxyl groups is 1.